The largest absolute Gasteiger partial charge is 0.383 e. The molecule has 0 unspecified atom stereocenters. The van der Waals surface area contributed by atoms with Gasteiger partial charge in [0.15, 0.2) is 0 Å². The lowest BCUT2D eigenvalue weighted by Crippen LogP contribution is -2.26. The van der Waals surface area contributed by atoms with Gasteiger partial charge in [-0.15, -0.1) is 0 Å². The molecule has 0 bridgehead atoms. The Kier molecular flexibility index (Phi) is 4.17. The fraction of sp³-hybridized carbons (Fsp3) is 0.583. The van der Waals surface area contributed by atoms with Crippen molar-refractivity contribution in [3.8, 4) is 0 Å². The fourth-order valence-electron chi connectivity index (χ4n) is 2.02. The van der Waals surface area contributed by atoms with Gasteiger partial charge in [-0.25, -0.2) is 4.98 Å². The third-order valence-electron chi connectivity index (χ3n) is 2.95. The minimum atomic E-state index is 0.299. The molecule has 2 heterocycles. The Morgan fingerprint density at radius 2 is 2.53 bits per heavy atom. The average molecular weight is 236 g/mol. The van der Waals surface area contributed by atoms with Crippen LogP contribution in [-0.4, -0.2) is 44.4 Å². The maximum Gasteiger partial charge on any atom is 0.128 e. The Balaban J connectivity index is 1.96. The molecule has 1 aliphatic heterocycles. The van der Waals surface area contributed by atoms with Crippen LogP contribution in [0.5, 0.6) is 0 Å². The van der Waals surface area contributed by atoms with E-state index in [-0.39, 0.29) is 0 Å². The van der Waals surface area contributed by atoms with E-state index in [0.717, 1.165) is 31.9 Å². The molecule has 1 aromatic heterocycles. The Bertz CT molecular complexity index is 358. The maximum absolute atomic E-state index is 5.91. The molecule has 1 aromatic rings. The summed E-state index contributed by atoms with van der Waals surface area (Å²) < 4.78 is 4.99. The van der Waals surface area contributed by atoms with Crippen LogP contribution >= 0.6 is 0 Å². The highest BCUT2D eigenvalue weighted by molar-refractivity contribution is 5.54. The Morgan fingerprint density at radius 3 is 3.24 bits per heavy atom. The van der Waals surface area contributed by atoms with Crippen LogP contribution in [0.3, 0.4) is 0 Å². The summed E-state index contributed by atoms with van der Waals surface area (Å²) in [6.07, 6.45) is 2.89. The molecule has 5 heteroatoms. The minimum absolute atomic E-state index is 0.299. The van der Waals surface area contributed by atoms with Crippen molar-refractivity contribution in [2.75, 3.05) is 43.6 Å². The van der Waals surface area contributed by atoms with E-state index in [9.17, 15) is 0 Å². The third kappa shape index (κ3) is 3.31. The van der Waals surface area contributed by atoms with Gasteiger partial charge in [0.1, 0.15) is 5.82 Å². The van der Waals surface area contributed by atoms with Gasteiger partial charge in [0, 0.05) is 50.7 Å². The first-order valence-electron chi connectivity index (χ1n) is 5.99. The SMILES string of the molecule is COCCNc1cc(N2CC[C@@H](N)C2)ccn1. The fourth-order valence-corrected chi connectivity index (χ4v) is 2.02. The number of nitrogens with one attached hydrogen (secondary N) is 1. The number of pyridine rings is 1. The van der Waals surface area contributed by atoms with E-state index in [1.807, 2.05) is 12.3 Å². The molecule has 0 saturated carbocycles. The van der Waals surface area contributed by atoms with Crippen LogP contribution in [0, 0.1) is 0 Å². The number of ether oxygens (including phenoxy) is 1. The number of methoxy groups -OCH3 is 1. The first-order valence-corrected chi connectivity index (χ1v) is 5.99. The lowest BCUT2D eigenvalue weighted by molar-refractivity contribution is 0.210. The van der Waals surface area contributed by atoms with Crippen LogP contribution in [0.2, 0.25) is 0 Å². The smallest absolute Gasteiger partial charge is 0.128 e. The summed E-state index contributed by atoms with van der Waals surface area (Å²) in [5.41, 5.74) is 7.10. The lowest BCUT2D eigenvalue weighted by atomic mass is 10.3. The van der Waals surface area contributed by atoms with Gasteiger partial charge in [-0.05, 0) is 12.5 Å². The van der Waals surface area contributed by atoms with Gasteiger partial charge in [-0.2, -0.15) is 0 Å². The molecule has 94 valence electrons. The van der Waals surface area contributed by atoms with Crippen molar-refractivity contribution in [1.82, 2.24) is 4.98 Å². The van der Waals surface area contributed by atoms with E-state index in [0.29, 0.717) is 12.6 Å². The summed E-state index contributed by atoms with van der Waals surface area (Å²) in [7, 11) is 1.69. The molecule has 1 atom stereocenters. The van der Waals surface area contributed by atoms with Crippen molar-refractivity contribution in [3.05, 3.63) is 18.3 Å². The molecule has 0 aromatic carbocycles. The highest BCUT2D eigenvalue weighted by atomic mass is 16.5. The summed E-state index contributed by atoms with van der Waals surface area (Å²) in [6, 6.07) is 4.39. The predicted octanol–water partition coefficient (Wildman–Crippen LogP) is 0.677. The molecule has 3 N–H and O–H groups in total. The second-order valence-electron chi connectivity index (χ2n) is 4.31. The van der Waals surface area contributed by atoms with Gasteiger partial charge in [-0.1, -0.05) is 0 Å². The molecule has 1 aliphatic rings. The zero-order chi connectivity index (χ0) is 12.1. The van der Waals surface area contributed by atoms with Crippen molar-refractivity contribution in [1.29, 1.82) is 0 Å². The van der Waals surface area contributed by atoms with Crippen LogP contribution in [0.15, 0.2) is 18.3 Å². The van der Waals surface area contributed by atoms with E-state index >= 15 is 0 Å². The topological polar surface area (TPSA) is 63.4 Å². The second-order valence-corrected chi connectivity index (χ2v) is 4.31. The Hall–Kier alpha value is -1.33. The van der Waals surface area contributed by atoms with Gasteiger partial charge >= 0.3 is 0 Å². The molecule has 0 amide bonds. The molecular formula is C12H20N4O. The van der Waals surface area contributed by atoms with E-state index in [1.54, 1.807) is 7.11 Å². The predicted molar refractivity (Wildman–Crippen MR) is 69.4 cm³/mol. The van der Waals surface area contributed by atoms with Crippen molar-refractivity contribution in [3.63, 3.8) is 0 Å². The van der Waals surface area contributed by atoms with Crippen LogP contribution in [0.4, 0.5) is 11.5 Å². The summed E-state index contributed by atoms with van der Waals surface area (Å²) >= 11 is 0. The van der Waals surface area contributed by atoms with Crippen LogP contribution in [0.1, 0.15) is 6.42 Å². The van der Waals surface area contributed by atoms with Crippen molar-refractivity contribution in [2.45, 2.75) is 12.5 Å². The number of anilines is 2. The first-order chi connectivity index (χ1) is 8.29. The van der Waals surface area contributed by atoms with Crippen LogP contribution in [0.25, 0.3) is 0 Å². The molecule has 0 radical (unpaired) electrons. The number of nitrogens with zero attached hydrogens (tertiary/aromatic N) is 2. The molecular weight excluding hydrogens is 216 g/mol. The Labute approximate surface area is 102 Å². The van der Waals surface area contributed by atoms with Gasteiger partial charge in [-0.3, -0.25) is 0 Å². The number of hydrogen-bond donors (Lipinski definition) is 2. The minimum Gasteiger partial charge on any atom is -0.383 e. The monoisotopic (exact) mass is 236 g/mol. The molecule has 17 heavy (non-hydrogen) atoms. The lowest BCUT2D eigenvalue weighted by Gasteiger charge is -2.18. The van der Waals surface area contributed by atoms with Crippen molar-refractivity contribution in [2.24, 2.45) is 5.73 Å². The van der Waals surface area contributed by atoms with E-state index in [1.165, 1.54) is 5.69 Å². The quantitative estimate of drug-likeness (QED) is 0.736. The number of hydrogen-bond acceptors (Lipinski definition) is 5. The van der Waals surface area contributed by atoms with E-state index < -0.39 is 0 Å². The third-order valence-corrected chi connectivity index (χ3v) is 2.95. The zero-order valence-electron chi connectivity index (χ0n) is 10.2. The highest BCUT2D eigenvalue weighted by Crippen LogP contribution is 2.21. The number of nitrogens with two attached hydrogens (primary N) is 1. The zero-order valence-corrected chi connectivity index (χ0v) is 10.2. The Morgan fingerprint density at radius 1 is 1.65 bits per heavy atom. The average Bonchev–Trinajstić information content (AvgIpc) is 2.77. The van der Waals surface area contributed by atoms with Gasteiger partial charge in [0.05, 0.1) is 6.61 Å². The molecule has 1 fully saturated rings. The summed E-state index contributed by atoms with van der Waals surface area (Å²) in [6.45, 7) is 3.41. The summed E-state index contributed by atoms with van der Waals surface area (Å²) in [5, 5.41) is 3.23. The van der Waals surface area contributed by atoms with Crippen LogP contribution < -0.4 is 16.0 Å². The second kappa shape index (κ2) is 5.84. The number of rotatable bonds is 5. The van der Waals surface area contributed by atoms with Crippen molar-refractivity contribution < 1.29 is 4.74 Å². The first kappa shape index (κ1) is 12.1. The normalized spacial score (nSPS) is 19.6. The molecule has 5 nitrogen and oxygen atoms in total. The highest BCUT2D eigenvalue weighted by Gasteiger charge is 2.19. The summed E-state index contributed by atoms with van der Waals surface area (Å²) in [5.74, 6) is 0.889. The maximum atomic E-state index is 5.91. The van der Waals surface area contributed by atoms with Crippen LogP contribution in [-0.2, 0) is 4.74 Å². The molecule has 0 spiro atoms. The molecule has 1 saturated heterocycles. The van der Waals surface area contributed by atoms with Gasteiger partial charge in [0.25, 0.3) is 0 Å². The van der Waals surface area contributed by atoms with E-state index in [2.05, 4.69) is 21.3 Å². The standard InChI is InChI=1S/C12H20N4O/c1-17-7-5-15-12-8-11(2-4-14-12)16-6-3-10(13)9-16/h2,4,8,10H,3,5-7,9,13H2,1H3,(H,14,15)/t10-/m1/s1. The molecule has 2 rings (SSSR count). The number of aromatic nitrogens is 1. The summed E-state index contributed by atoms with van der Waals surface area (Å²) in [4.78, 5) is 6.58. The van der Waals surface area contributed by atoms with Gasteiger partial charge in [0.2, 0.25) is 0 Å². The molecule has 0 aliphatic carbocycles. The van der Waals surface area contributed by atoms with Gasteiger partial charge < -0.3 is 20.7 Å². The van der Waals surface area contributed by atoms with Crippen molar-refractivity contribution >= 4 is 11.5 Å². The van der Waals surface area contributed by atoms with E-state index in [4.69, 9.17) is 10.5 Å².